The summed E-state index contributed by atoms with van der Waals surface area (Å²) < 4.78 is 3.40. The van der Waals surface area contributed by atoms with Crippen LogP contribution in [0.2, 0.25) is 0 Å². The van der Waals surface area contributed by atoms with Gasteiger partial charge in [-0.3, -0.25) is 19.0 Å². The molecule has 25 heavy (non-hydrogen) atoms. The molecule has 0 spiro atoms. The van der Waals surface area contributed by atoms with Gasteiger partial charge in [0.2, 0.25) is 0 Å². The molecule has 0 aliphatic heterocycles. The summed E-state index contributed by atoms with van der Waals surface area (Å²) in [4.78, 5) is 28.3. The van der Waals surface area contributed by atoms with Crippen molar-refractivity contribution >= 4 is 11.2 Å². The van der Waals surface area contributed by atoms with Crippen molar-refractivity contribution in [1.29, 1.82) is 0 Å². The second-order valence-corrected chi connectivity index (χ2v) is 5.81. The number of imidazole rings is 1. The van der Waals surface area contributed by atoms with Crippen LogP contribution in [0.4, 0.5) is 0 Å². The van der Waals surface area contributed by atoms with Crippen LogP contribution in [0.15, 0.2) is 48.0 Å². The SMILES string of the molecule is CCCn1cnc2nc(-c3cnn(Cc4cccnc4)c3)[nH]c2c1=O. The smallest absolute Gasteiger partial charge is 0.279 e. The molecule has 8 nitrogen and oxygen atoms in total. The lowest BCUT2D eigenvalue weighted by atomic mass is 10.3. The van der Waals surface area contributed by atoms with Crippen LogP contribution in [0.5, 0.6) is 0 Å². The Morgan fingerprint density at radius 1 is 1.28 bits per heavy atom. The predicted molar refractivity (Wildman–Crippen MR) is 93.0 cm³/mol. The highest BCUT2D eigenvalue weighted by Gasteiger charge is 2.12. The minimum Gasteiger partial charge on any atom is -0.332 e. The van der Waals surface area contributed by atoms with E-state index in [1.54, 1.807) is 23.3 Å². The summed E-state index contributed by atoms with van der Waals surface area (Å²) in [5.41, 5.74) is 2.61. The van der Waals surface area contributed by atoms with E-state index in [2.05, 4.69) is 25.0 Å². The molecule has 1 N–H and O–H groups in total. The van der Waals surface area contributed by atoms with Crippen LogP contribution in [-0.4, -0.2) is 34.3 Å². The molecule has 4 aromatic heterocycles. The fourth-order valence-corrected chi connectivity index (χ4v) is 2.71. The number of nitrogens with zero attached hydrogens (tertiary/aromatic N) is 6. The Kier molecular flexibility index (Phi) is 3.85. The van der Waals surface area contributed by atoms with Crippen molar-refractivity contribution in [1.82, 2.24) is 34.3 Å². The molecule has 8 heteroatoms. The molecule has 4 rings (SSSR count). The molecule has 0 bridgehead atoms. The highest BCUT2D eigenvalue weighted by atomic mass is 16.1. The molecule has 0 saturated heterocycles. The number of rotatable bonds is 5. The van der Waals surface area contributed by atoms with Gasteiger partial charge in [-0.15, -0.1) is 0 Å². The molecule has 0 radical (unpaired) electrons. The summed E-state index contributed by atoms with van der Waals surface area (Å²) in [6, 6.07) is 3.89. The highest BCUT2D eigenvalue weighted by molar-refractivity contribution is 5.74. The second kappa shape index (κ2) is 6.31. The van der Waals surface area contributed by atoms with Crippen LogP contribution in [-0.2, 0) is 13.1 Å². The zero-order chi connectivity index (χ0) is 17.2. The van der Waals surface area contributed by atoms with Crippen LogP contribution >= 0.6 is 0 Å². The van der Waals surface area contributed by atoms with Gasteiger partial charge in [-0.25, -0.2) is 9.97 Å². The summed E-state index contributed by atoms with van der Waals surface area (Å²) in [5.74, 6) is 0.589. The zero-order valence-electron chi connectivity index (χ0n) is 13.8. The third kappa shape index (κ3) is 2.93. The van der Waals surface area contributed by atoms with Gasteiger partial charge in [0.05, 0.1) is 18.3 Å². The van der Waals surface area contributed by atoms with E-state index in [1.807, 2.05) is 36.1 Å². The topological polar surface area (TPSA) is 94.3 Å². The fourth-order valence-electron chi connectivity index (χ4n) is 2.71. The van der Waals surface area contributed by atoms with Gasteiger partial charge in [-0.2, -0.15) is 5.10 Å². The summed E-state index contributed by atoms with van der Waals surface area (Å²) >= 11 is 0. The van der Waals surface area contributed by atoms with Crippen LogP contribution < -0.4 is 5.56 Å². The Morgan fingerprint density at radius 3 is 3.00 bits per heavy atom. The standard InChI is InChI=1S/C17H17N7O/c1-2-6-23-11-19-16-14(17(23)25)21-15(22-16)13-8-20-24(10-13)9-12-4-3-5-18-7-12/h3-5,7-8,10-11H,2,6,9H2,1H3,(H,21,22). The molecular weight excluding hydrogens is 318 g/mol. The first kappa shape index (κ1) is 15.3. The van der Waals surface area contributed by atoms with Crippen molar-refractivity contribution in [3.63, 3.8) is 0 Å². The minimum atomic E-state index is -0.103. The quantitative estimate of drug-likeness (QED) is 0.600. The van der Waals surface area contributed by atoms with Crippen molar-refractivity contribution in [2.45, 2.75) is 26.4 Å². The lowest BCUT2D eigenvalue weighted by molar-refractivity contribution is 0.647. The largest absolute Gasteiger partial charge is 0.332 e. The maximum absolute atomic E-state index is 12.4. The molecule has 0 fully saturated rings. The molecule has 0 saturated carbocycles. The number of pyridine rings is 1. The van der Waals surface area contributed by atoms with Crippen molar-refractivity contribution in [2.24, 2.45) is 0 Å². The van der Waals surface area contributed by atoms with Crippen LogP contribution in [0.1, 0.15) is 18.9 Å². The van der Waals surface area contributed by atoms with Gasteiger partial charge in [0.25, 0.3) is 5.56 Å². The number of hydrogen-bond donors (Lipinski definition) is 1. The normalized spacial score (nSPS) is 11.2. The monoisotopic (exact) mass is 335 g/mol. The molecule has 4 heterocycles. The first-order valence-corrected chi connectivity index (χ1v) is 8.11. The molecule has 0 atom stereocenters. The van der Waals surface area contributed by atoms with Crippen molar-refractivity contribution in [2.75, 3.05) is 0 Å². The average Bonchev–Trinajstić information content (AvgIpc) is 3.25. The maximum atomic E-state index is 12.4. The Bertz CT molecular complexity index is 1060. The third-order valence-electron chi connectivity index (χ3n) is 3.92. The second-order valence-electron chi connectivity index (χ2n) is 5.81. The van der Waals surface area contributed by atoms with Gasteiger partial charge in [-0.05, 0) is 18.1 Å². The molecule has 0 aromatic carbocycles. The molecule has 0 amide bonds. The van der Waals surface area contributed by atoms with Crippen molar-refractivity contribution in [3.05, 3.63) is 59.2 Å². The lowest BCUT2D eigenvalue weighted by Gasteiger charge is -2.00. The first-order chi connectivity index (χ1) is 12.2. The number of aromatic nitrogens is 7. The van der Waals surface area contributed by atoms with Crippen LogP contribution in [0, 0.1) is 0 Å². The number of nitrogens with one attached hydrogen (secondary N) is 1. The van der Waals surface area contributed by atoms with Crippen LogP contribution in [0.3, 0.4) is 0 Å². The molecule has 0 aliphatic rings. The number of aryl methyl sites for hydroxylation is 1. The highest BCUT2D eigenvalue weighted by Crippen LogP contribution is 2.17. The van der Waals surface area contributed by atoms with E-state index in [1.165, 1.54) is 0 Å². The fraction of sp³-hybridized carbons (Fsp3) is 0.235. The van der Waals surface area contributed by atoms with E-state index >= 15 is 0 Å². The third-order valence-corrected chi connectivity index (χ3v) is 3.92. The summed E-state index contributed by atoms with van der Waals surface area (Å²) in [5, 5.41) is 4.35. The maximum Gasteiger partial charge on any atom is 0.279 e. The van der Waals surface area contributed by atoms with Crippen molar-refractivity contribution < 1.29 is 0 Å². The summed E-state index contributed by atoms with van der Waals surface area (Å²) in [6.45, 7) is 3.28. The number of fused-ring (bicyclic) bond motifs is 1. The lowest BCUT2D eigenvalue weighted by Crippen LogP contribution is -2.20. The summed E-state index contributed by atoms with van der Waals surface area (Å²) in [7, 11) is 0. The van der Waals surface area contributed by atoms with E-state index in [0.717, 1.165) is 17.5 Å². The number of aromatic amines is 1. The van der Waals surface area contributed by atoms with E-state index in [4.69, 9.17) is 0 Å². The van der Waals surface area contributed by atoms with E-state index < -0.39 is 0 Å². The van der Waals surface area contributed by atoms with Crippen LogP contribution in [0.25, 0.3) is 22.6 Å². The average molecular weight is 335 g/mol. The Labute approximate surface area is 143 Å². The predicted octanol–water partition coefficient (Wildman–Crippen LogP) is 1.84. The first-order valence-electron chi connectivity index (χ1n) is 8.11. The van der Waals surface area contributed by atoms with E-state index in [0.29, 0.717) is 30.1 Å². The van der Waals surface area contributed by atoms with Gasteiger partial charge in [0.15, 0.2) is 11.2 Å². The van der Waals surface area contributed by atoms with Gasteiger partial charge in [-0.1, -0.05) is 13.0 Å². The van der Waals surface area contributed by atoms with Gasteiger partial charge >= 0.3 is 0 Å². The molecule has 4 aromatic rings. The van der Waals surface area contributed by atoms with E-state index in [-0.39, 0.29) is 5.56 Å². The number of hydrogen-bond acceptors (Lipinski definition) is 5. The molecule has 0 aliphatic carbocycles. The minimum absolute atomic E-state index is 0.103. The molecule has 126 valence electrons. The number of H-pyrrole nitrogens is 1. The van der Waals surface area contributed by atoms with Gasteiger partial charge in [0, 0.05) is 25.1 Å². The Hall–Kier alpha value is -3.29. The van der Waals surface area contributed by atoms with E-state index in [9.17, 15) is 4.79 Å². The van der Waals surface area contributed by atoms with Crippen molar-refractivity contribution in [3.8, 4) is 11.4 Å². The zero-order valence-corrected chi connectivity index (χ0v) is 13.8. The Balaban J connectivity index is 1.66. The van der Waals surface area contributed by atoms with Gasteiger partial charge < -0.3 is 4.98 Å². The Morgan fingerprint density at radius 2 is 2.20 bits per heavy atom. The van der Waals surface area contributed by atoms with Gasteiger partial charge in [0.1, 0.15) is 12.2 Å². The summed E-state index contributed by atoms with van der Waals surface area (Å²) in [6.07, 6.45) is 9.57. The molecular formula is C17H17N7O. The molecule has 0 unspecified atom stereocenters.